The first-order valence-corrected chi connectivity index (χ1v) is 13.2. The van der Waals surface area contributed by atoms with E-state index < -0.39 is 10.0 Å². The van der Waals surface area contributed by atoms with Crippen molar-refractivity contribution < 1.29 is 26.8 Å². The summed E-state index contributed by atoms with van der Waals surface area (Å²) in [5.41, 5.74) is 2.06. The molecule has 1 amide bonds. The molecule has 1 aliphatic rings. The highest BCUT2D eigenvalue weighted by Gasteiger charge is 2.27. The van der Waals surface area contributed by atoms with Crippen LogP contribution < -0.4 is 14.4 Å². The van der Waals surface area contributed by atoms with Crippen molar-refractivity contribution in [3.63, 3.8) is 0 Å². The lowest BCUT2D eigenvalue weighted by atomic mass is 10.1. The van der Waals surface area contributed by atoms with Crippen molar-refractivity contribution >= 4 is 21.6 Å². The summed E-state index contributed by atoms with van der Waals surface area (Å²) in [6, 6.07) is 12.5. The number of nitrogens with zero attached hydrogens (tertiary/aromatic N) is 2. The first kappa shape index (κ1) is 25.7. The van der Waals surface area contributed by atoms with Gasteiger partial charge in [0.25, 0.3) is 5.91 Å². The number of carbonyl (C=O) groups excluding carboxylic acids is 1. The number of hydrogen-bond donors (Lipinski definition) is 1. The highest BCUT2D eigenvalue weighted by atomic mass is 32.2. The van der Waals surface area contributed by atoms with Gasteiger partial charge in [-0.05, 0) is 62.2 Å². The van der Waals surface area contributed by atoms with Gasteiger partial charge in [0.15, 0.2) is 0 Å². The number of hydrogen-bond acceptors (Lipinski definition) is 6. The van der Waals surface area contributed by atoms with E-state index in [-0.39, 0.29) is 23.2 Å². The summed E-state index contributed by atoms with van der Waals surface area (Å²) < 4.78 is 52.6. The van der Waals surface area contributed by atoms with Crippen LogP contribution in [0.1, 0.15) is 27.4 Å². The van der Waals surface area contributed by atoms with Crippen molar-refractivity contribution in [3.8, 4) is 5.75 Å². The topological polar surface area (TPSA) is 92.1 Å². The van der Waals surface area contributed by atoms with E-state index in [0.717, 1.165) is 5.56 Å². The minimum Gasteiger partial charge on any atom is -0.495 e. The smallest absolute Gasteiger partial charge is 0.257 e. The molecule has 1 aromatic heterocycles. The Morgan fingerprint density at radius 1 is 1.06 bits per heavy atom. The largest absolute Gasteiger partial charge is 0.495 e. The number of anilines is 1. The van der Waals surface area contributed by atoms with Gasteiger partial charge in [-0.2, -0.15) is 0 Å². The lowest BCUT2D eigenvalue weighted by Gasteiger charge is -2.36. The molecule has 8 nitrogen and oxygen atoms in total. The average Bonchev–Trinajstić information content (AvgIpc) is 3.22. The number of rotatable bonds is 8. The van der Waals surface area contributed by atoms with Crippen LogP contribution in [0.2, 0.25) is 0 Å². The Kier molecular flexibility index (Phi) is 7.65. The summed E-state index contributed by atoms with van der Waals surface area (Å²) in [5, 5.41) is 0. The monoisotopic (exact) mass is 515 g/mol. The number of amides is 1. The minimum absolute atomic E-state index is 0.0716. The highest BCUT2D eigenvalue weighted by molar-refractivity contribution is 7.89. The molecule has 3 aromatic rings. The number of carbonyl (C=O) groups is 1. The van der Waals surface area contributed by atoms with Gasteiger partial charge in [-0.3, -0.25) is 4.79 Å². The van der Waals surface area contributed by atoms with E-state index in [2.05, 4.69) is 4.72 Å². The molecule has 36 heavy (non-hydrogen) atoms. The molecular formula is C26H30FN3O5S. The fourth-order valence-corrected chi connectivity index (χ4v) is 5.36. The van der Waals surface area contributed by atoms with Crippen LogP contribution in [0.25, 0.3) is 0 Å². The second kappa shape index (κ2) is 10.7. The Bertz CT molecular complexity index is 1330. The molecular weight excluding hydrogens is 485 g/mol. The van der Waals surface area contributed by atoms with Crippen LogP contribution in [-0.2, 0) is 16.4 Å². The first-order valence-electron chi connectivity index (χ1n) is 11.7. The zero-order valence-electron chi connectivity index (χ0n) is 20.6. The van der Waals surface area contributed by atoms with Gasteiger partial charge in [0.2, 0.25) is 10.0 Å². The van der Waals surface area contributed by atoms with Gasteiger partial charge in [0, 0.05) is 32.7 Å². The number of methoxy groups -OCH3 is 1. The molecule has 0 unspecified atom stereocenters. The summed E-state index contributed by atoms with van der Waals surface area (Å²) in [7, 11) is -2.23. The second-order valence-corrected chi connectivity index (χ2v) is 10.5. The molecule has 2 heterocycles. The molecule has 1 saturated heterocycles. The summed E-state index contributed by atoms with van der Waals surface area (Å²) in [4.78, 5) is 16.8. The Balaban J connectivity index is 1.43. The molecule has 10 heteroatoms. The molecule has 1 N–H and O–H groups in total. The third-order valence-electron chi connectivity index (χ3n) is 6.26. The van der Waals surface area contributed by atoms with E-state index in [9.17, 15) is 17.6 Å². The fraction of sp³-hybridized carbons (Fsp3) is 0.346. The Morgan fingerprint density at radius 3 is 2.36 bits per heavy atom. The second-order valence-electron chi connectivity index (χ2n) is 8.71. The molecule has 0 spiro atoms. The third kappa shape index (κ3) is 5.71. The van der Waals surface area contributed by atoms with Crippen LogP contribution in [0.15, 0.2) is 57.8 Å². The maximum atomic E-state index is 13.1. The van der Waals surface area contributed by atoms with Gasteiger partial charge in [-0.15, -0.1) is 0 Å². The maximum absolute atomic E-state index is 13.1. The van der Waals surface area contributed by atoms with Crippen molar-refractivity contribution in [1.82, 2.24) is 9.62 Å². The number of ether oxygens (including phenoxy) is 1. The van der Waals surface area contributed by atoms with Gasteiger partial charge < -0.3 is 19.0 Å². The molecule has 0 radical (unpaired) electrons. The van der Waals surface area contributed by atoms with E-state index in [1.807, 2.05) is 11.8 Å². The molecule has 4 rings (SSSR count). The van der Waals surface area contributed by atoms with Gasteiger partial charge in [0.05, 0.1) is 23.3 Å². The van der Waals surface area contributed by atoms with Crippen LogP contribution in [0.4, 0.5) is 10.1 Å². The van der Waals surface area contributed by atoms with E-state index >= 15 is 0 Å². The summed E-state index contributed by atoms with van der Waals surface area (Å²) >= 11 is 0. The zero-order chi connectivity index (χ0) is 25.9. The van der Waals surface area contributed by atoms with E-state index in [0.29, 0.717) is 61.1 Å². The van der Waals surface area contributed by atoms with Gasteiger partial charge in [-0.25, -0.2) is 17.5 Å². The average molecular weight is 516 g/mol. The molecule has 192 valence electrons. The van der Waals surface area contributed by atoms with Crippen LogP contribution in [0, 0.1) is 19.7 Å². The summed E-state index contributed by atoms with van der Waals surface area (Å²) in [6.45, 7) is 5.80. The Morgan fingerprint density at radius 2 is 1.75 bits per heavy atom. The number of halogens is 1. The third-order valence-corrected chi connectivity index (χ3v) is 7.72. The van der Waals surface area contributed by atoms with Crippen LogP contribution in [0.5, 0.6) is 5.75 Å². The Labute approximate surface area is 210 Å². The SMILES string of the molecule is COc1ccc(S(=O)(=O)NCCc2ccc(F)cc2)cc1N1CCN(C(=O)c2cc(C)oc2C)CC1. The van der Waals surface area contributed by atoms with Crippen LogP contribution in [0.3, 0.4) is 0 Å². The first-order chi connectivity index (χ1) is 17.2. The van der Waals surface area contributed by atoms with Crippen molar-refractivity contribution in [2.75, 3.05) is 44.7 Å². The zero-order valence-corrected chi connectivity index (χ0v) is 21.4. The van der Waals surface area contributed by atoms with Crippen molar-refractivity contribution in [2.24, 2.45) is 0 Å². The number of benzene rings is 2. The molecule has 2 aromatic carbocycles. The standard InChI is InChI=1S/C26H30FN3O5S/c1-18-16-23(19(2)35-18)26(31)30-14-12-29(13-15-30)24-17-22(8-9-25(24)34-3)36(32,33)28-11-10-20-4-6-21(27)7-5-20/h4-9,16-17,28H,10-15H2,1-3H3. The summed E-state index contributed by atoms with van der Waals surface area (Å²) in [6.07, 6.45) is 0.439. The van der Waals surface area contributed by atoms with E-state index in [1.54, 1.807) is 42.2 Å². The Hall–Kier alpha value is -3.37. The van der Waals surface area contributed by atoms with Crippen molar-refractivity contribution in [2.45, 2.75) is 25.2 Å². The van der Waals surface area contributed by atoms with Crippen LogP contribution >= 0.6 is 0 Å². The van der Waals surface area contributed by atoms with Crippen LogP contribution in [-0.4, -0.2) is 59.1 Å². The van der Waals surface area contributed by atoms with Crippen molar-refractivity contribution in [1.29, 1.82) is 0 Å². The van der Waals surface area contributed by atoms with Gasteiger partial charge in [-0.1, -0.05) is 12.1 Å². The van der Waals surface area contributed by atoms with E-state index in [1.165, 1.54) is 25.3 Å². The molecule has 1 fully saturated rings. The number of nitrogens with one attached hydrogen (secondary N) is 1. The molecule has 0 bridgehead atoms. The normalized spacial score (nSPS) is 14.2. The predicted octanol–water partition coefficient (Wildman–Crippen LogP) is 3.53. The van der Waals surface area contributed by atoms with E-state index in [4.69, 9.17) is 9.15 Å². The molecule has 1 aliphatic heterocycles. The lowest BCUT2D eigenvalue weighted by Crippen LogP contribution is -2.49. The van der Waals surface area contributed by atoms with Gasteiger partial charge >= 0.3 is 0 Å². The number of piperazine rings is 1. The quantitative estimate of drug-likeness (QED) is 0.494. The number of aryl methyl sites for hydroxylation is 2. The summed E-state index contributed by atoms with van der Waals surface area (Å²) in [5.74, 6) is 1.45. The maximum Gasteiger partial charge on any atom is 0.257 e. The van der Waals surface area contributed by atoms with Gasteiger partial charge in [0.1, 0.15) is 23.1 Å². The lowest BCUT2D eigenvalue weighted by molar-refractivity contribution is 0.0745. The number of sulfonamides is 1. The molecule has 0 atom stereocenters. The molecule has 0 aliphatic carbocycles. The predicted molar refractivity (Wildman–Crippen MR) is 135 cm³/mol. The molecule has 0 saturated carbocycles. The minimum atomic E-state index is -3.77. The van der Waals surface area contributed by atoms with Crippen molar-refractivity contribution in [3.05, 3.63) is 77.0 Å². The highest BCUT2D eigenvalue weighted by Crippen LogP contribution is 2.32. The fourth-order valence-electron chi connectivity index (χ4n) is 4.31. The number of furan rings is 1.